The molecule has 32 heavy (non-hydrogen) atoms. The molecule has 1 saturated heterocycles. The van der Waals surface area contributed by atoms with E-state index in [0.717, 1.165) is 11.1 Å². The third kappa shape index (κ3) is 6.30. The first-order valence-electron chi connectivity index (χ1n) is 11.2. The van der Waals surface area contributed by atoms with Gasteiger partial charge < -0.3 is 9.47 Å². The van der Waals surface area contributed by atoms with Gasteiger partial charge in [0, 0.05) is 24.7 Å². The minimum absolute atomic E-state index is 0.0192. The standard InChI is InChI=1S/C27H33NO4/c1-5-31-25(29)17-16-23-22(26(30)32-27(2,3)4)18-24(21-14-10-7-11-15-21)28(23)19-20-12-8-6-9-13-20/h6-17,22-24H,5,18-19H2,1-4H3/b17-16+. The van der Waals surface area contributed by atoms with Gasteiger partial charge in [0.25, 0.3) is 0 Å². The van der Waals surface area contributed by atoms with Crippen LogP contribution in [0.25, 0.3) is 0 Å². The first-order chi connectivity index (χ1) is 15.3. The van der Waals surface area contributed by atoms with Gasteiger partial charge in [0.2, 0.25) is 0 Å². The first-order valence-corrected chi connectivity index (χ1v) is 11.2. The number of ether oxygens (including phenoxy) is 2. The number of hydrogen-bond donors (Lipinski definition) is 0. The van der Waals surface area contributed by atoms with Crippen molar-refractivity contribution in [1.82, 2.24) is 4.90 Å². The number of hydrogen-bond acceptors (Lipinski definition) is 5. The van der Waals surface area contributed by atoms with Gasteiger partial charge in [0.05, 0.1) is 12.5 Å². The first kappa shape index (κ1) is 23.7. The molecule has 0 spiro atoms. The van der Waals surface area contributed by atoms with E-state index in [-0.39, 0.29) is 18.1 Å². The predicted octanol–water partition coefficient (Wildman–Crippen LogP) is 5.08. The number of carbonyl (C=O) groups excluding carboxylic acids is 2. The van der Waals surface area contributed by atoms with Crippen LogP contribution in [0.15, 0.2) is 72.8 Å². The fourth-order valence-electron chi connectivity index (χ4n) is 4.19. The lowest BCUT2D eigenvalue weighted by molar-refractivity contribution is -0.160. The maximum absolute atomic E-state index is 13.2. The Bertz CT molecular complexity index is 918. The highest BCUT2D eigenvalue weighted by molar-refractivity contribution is 5.82. The highest BCUT2D eigenvalue weighted by Crippen LogP contribution is 2.42. The van der Waals surface area contributed by atoms with Gasteiger partial charge in [-0.05, 0) is 45.2 Å². The van der Waals surface area contributed by atoms with E-state index in [0.29, 0.717) is 19.6 Å². The van der Waals surface area contributed by atoms with E-state index in [2.05, 4.69) is 29.2 Å². The number of rotatable bonds is 7. The Hall–Kier alpha value is -2.92. The zero-order valence-corrected chi connectivity index (χ0v) is 19.4. The smallest absolute Gasteiger partial charge is 0.330 e. The van der Waals surface area contributed by atoms with Gasteiger partial charge in [-0.1, -0.05) is 66.7 Å². The van der Waals surface area contributed by atoms with Crippen LogP contribution in [-0.4, -0.2) is 35.1 Å². The Morgan fingerprint density at radius 3 is 2.25 bits per heavy atom. The summed E-state index contributed by atoms with van der Waals surface area (Å²) in [4.78, 5) is 27.6. The quantitative estimate of drug-likeness (QED) is 0.448. The summed E-state index contributed by atoms with van der Waals surface area (Å²) in [5.74, 6) is -1.04. The van der Waals surface area contributed by atoms with Crippen LogP contribution < -0.4 is 0 Å². The molecule has 0 N–H and O–H groups in total. The zero-order valence-electron chi connectivity index (χ0n) is 19.4. The summed E-state index contributed by atoms with van der Waals surface area (Å²) >= 11 is 0. The molecule has 2 aromatic carbocycles. The normalized spacial score (nSPS) is 21.6. The largest absolute Gasteiger partial charge is 0.463 e. The minimum atomic E-state index is -0.582. The van der Waals surface area contributed by atoms with Crippen LogP contribution in [-0.2, 0) is 25.6 Å². The van der Waals surface area contributed by atoms with Crippen LogP contribution in [0.5, 0.6) is 0 Å². The van der Waals surface area contributed by atoms with Crippen molar-refractivity contribution in [2.24, 2.45) is 5.92 Å². The van der Waals surface area contributed by atoms with Gasteiger partial charge >= 0.3 is 11.9 Å². The Balaban J connectivity index is 1.99. The lowest BCUT2D eigenvalue weighted by atomic mass is 9.96. The Kier molecular flexibility index (Phi) is 7.86. The highest BCUT2D eigenvalue weighted by Gasteiger charge is 2.45. The summed E-state index contributed by atoms with van der Waals surface area (Å²) in [7, 11) is 0. The molecule has 3 rings (SSSR count). The van der Waals surface area contributed by atoms with Gasteiger partial charge in [-0.3, -0.25) is 9.69 Å². The molecular formula is C27H33NO4. The summed E-state index contributed by atoms with van der Waals surface area (Å²) in [5, 5.41) is 0. The van der Waals surface area contributed by atoms with Gasteiger partial charge in [-0.2, -0.15) is 0 Å². The Morgan fingerprint density at radius 2 is 1.66 bits per heavy atom. The molecule has 1 fully saturated rings. The van der Waals surface area contributed by atoms with E-state index < -0.39 is 17.5 Å². The second kappa shape index (κ2) is 10.6. The number of nitrogens with zero attached hydrogens (tertiary/aromatic N) is 1. The van der Waals surface area contributed by atoms with Crippen molar-refractivity contribution < 1.29 is 19.1 Å². The van der Waals surface area contributed by atoms with Crippen molar-refractivity contribution in [2.75, 3.05) is 6.61 Å². The van der Waals surface area contributed by atoms with Gasteiger partial charge in [-0.15, -0.1) is 0 Å². The molecule has 0 radical (unpaired) electrons. The zero-order chi connectivity index (χ0) is 23.1. The summed E-state index contributed by atoms with van der Waals surface area (Å²) in [5.41, 5.74) is 1.71. The van der Waals surface area contributed by atoms with Crippen molar-refractivity contribution >= 4 is 11.9 Å². The fraction of sp³-hybridized carbons (Fsp3) is 0.407. The van der Waals surface area contributed by atoms with Crippen LogP contribution >= 0.6 is 0 Å². The molecular weight excluding hydrogens is 402 g/mol. The summed E-state index contributed by atoms with van der Waals surface area (Å²) in [6, 6.07) is 20.1. The summed E-state index contributed by atoms with van der Waals surface area (Å²) < 4.78 is 10.9. The minimum Gasteiger partial charge on any atom is -0.463 e. The van der Waals surface area contributed by atoms with Crippen LogP contribution in [0.2, 0.25) is 0 Å². The van der Waals surface area contributed by atoms with Gasteiger partial charge in [0.1, 0.15) is 5.60 Å². The second-order valence-corrected chi connectivity index (χ2v) is 9.06. The second-order valence-electron chi connectivity index (χ2n) is 9.06. The van der Waals surface area contributed by atoms with Crippen LogP contribution in [0.1, 0.15) is 51.3 Å². The molecule has 3 unspecified atom stereocenters. The van der Waals surface area contributed by atoms with Crippen molar-refractivity contribution in [3.63, 3.8) is 0 Å². The molecule has 2 aromatic rings. The lowest BCUT2D eigenvalue weighted by Crippen LogP contribution is -2.37. The van der Waals surface area contributed by atoms with Crippen LogP contribution in [0, 0.1) is 5.92 Å². The molecule has 1 aliphatic heterocycles. The van der Waals surface area contributed by atoms with E-state index in [9.17, 15) is 9.59 Å². The number of likely N-dealkylation sites (tertiary alicyclic amines) is 1. The molecule has 170 valence electrons. The third-order valence-corrected chi connectivity index (χ3v) is 5.49. The molecule has 0 aliphatic carbocycles. The third-order valence-electron chi connectivity index (χ3n) is 5.49. The fourth-order valence-corrected chi connectivity index (χ4v) is 4.19. The van der Waals surface area contributed by atoms with Gasteiger partial charge in [0.15, 0.2) is 0 Å². The van der Waals surface area contributed by atoms with Crippen molar-refractivity contribution in [1.29, 1.82) is 0 Å². The molecule has 0 bridgehead atoms. The summed E-state index contributed by atoms with van der Waals surface area (Å²) in [6.45, 7) is 8.36. The van der Waals surface area contributed by atoms with E-state index in [4.69, 9.17) is 9.47 Å². The highest BCUT2D eigenvalue weighted by atomic mass is 16.6. The van der Waals surface area contributed by atoms with Crippen molar-refractivity contribution in [3.8, 4) is 0 Å². The molecule has 5 heteroatoms. The molecule has 1 heterocycles. The predicted molar refractivity (Wildman–Crippen MR) is 125 cm³/mol. The van der Waals surface area contributed by atoms with Crippen LogP contribution in [0.4, 0.5) is 0 Å². The maximum atomic E-state index is 13.2. The van der Waals surface area contributed by atoms with Crippen LogP contribution in [0.3, 0.4) is 0 Å². The molecule has 0 amide bonds. The van der Waals surface area contributed by atoms with E-state index in [1.165, 1.54) is 6.08 Å². The topological polar surface area (TPSA) is 55.8 Å². The molecule has 5 nitrogen and oxygen atoms in total. The summed E-state index contributed by atoms with van der Waals surface area (Å²) in [6.07, 6.45) is 3.86. The molecule has 0 saturated carbocycles. The molecule has 1 aliphatic rings. The molecule has 3 atom stereocenters. The SMILES string of the molecule is CCOC(=O)/C=C/C1C(C(=O)OC(C)(C)C)CC(c2ccccc2)N1Cc1ccccc1. The average molecular weight is 436 g/mol. The van der Waals surface area contributed by atoms with Gasteiger partial charge in [-0.25, -0.2) is 4.79 Å². The Labute approximate surface area is 191 Å². The average Bonchev–Trinajstić information content (AvgIpc) is 3.11. The van der Waals surface area contributed by atoms with E-state index in [1.54, 1.807) is 13.0 Å². The van der Waals surface area contributed by atoms with Crippen molar-refractivity contribution in [3.05, 3.63) is 83.9 Å². The maximum Gasteiger partial charge on any atom is 0.330 e. The molecule has 0 aromatic heterocycles. The van der Waals surface area contributed by atoms with E-state index in [1.807, 2.05) is 57.2 Å². The monoisotopic (exact) mass is 435 g/mol. The lowest BCUT2D eigenvalue weighted by Gasteiger charge is -2.30. The number of carbonyl (C=O) groups is 2. The Morgan fingerprint density at radius 1 is 1.03 bits per heavy atom. The van der Waals surface area contributed by atoms with Crippen molar-refractivity contribution in [2.45, 2.75) is 58.3 Å². The van der Waals surface area contributed by atoms with E-state index >= 15 is 0 Å². The number of benzene rings is 2. The number of esters is 2.